The molecule has 23 heavy (non-hydrogen) atoms. The Morgan fingerprint density at radius 1 is 0.913 bits per heavy atom. The topological polar surface area (TPSA) is 31.4 Å². The van der Waals surface area contributed by atoms with E-state index in [0.717, 1.165) is 0 Å². The normalized spacial score (nSPS) is 19.1. The molecule has 2 heterocycles. The first-order chi connectivity index (χ1) is 10.7. The molecule has 0 bridgehead atoms. The van der Waals surface area contributed by atoms with E-state index in [-0.39, 0.29) is 11.3 Å². The van der Waals surface area contributed by atoms with Gasteiger partial charge in [0.1, 0.15) is 11.6 Å². The summed E-state index contributed by atoms with van der Waals surface area (Å²) in [4.78, 5) is 4.17. The fourth-order valence-corrected chi connectivity index (χ4v) is 2.41. The second-order valence-corrected chi connectivity index (χ2v) is 6.66. The molecule has 1 aliphatic heterocycles. The van der Waals surface area contributed by atoms with Gasteiger partial charge in [0.2, 0.25) is 0 Å². The lowest BCUT2D eigenvalue weighted by Crippen LogP contribution is -2.41. The summed E-state index contributed by atoms with van der Waals surface area (Å²) in [6.45, 7) is 7.85. The summed E-state index contributed by atoms with van der Waals surface area (Å²) in [6, 6.07) is 7.04. The molecule has 1 aromatic carbocycles. The van der Waals surface area contributed by atoms with Crippen LogP contribution in [0.2, 0.25) is 0 Å². The average molecular weight is 317 g/mol. The van der Waals surface area contributed by atoms with Gasteiger partial charge in [-0.2, -0.15) is 0 Å². The number of hydrogen-bond acceptors (Lipinski definition) is 3. The zero-order valence-corrected chi connectivity index (χ0v) is 13.6. The fraction of sp³-hybridized carbons (Fsp3) is 0.353. The Morgan fingerprint density at radius 3 is 1.96 bits per heavy atom. The Kier molecular flexibility index (Phi) is 3.77. The molecule has 3 nitrogen and oxygen atoms in total. The molecule has 3 rings (SSSR count). The van der Waals surface area contributed by atoms with E-state index in [1.54, 1.807) is 12.1 Å². The highest BCUT2D eigenvalue weighted by Crippen LogP contribution is 2.36. The highest BCUT2D eigenvalue weighted by Gasteiger charge is 2.51. The summed E-state index contributed by atoms with van der Waals surface area (Å²) in [5, 5.41) is 0. The van der Waals surface area contributed by atoms with Crippen molar-refractivity contribution in [3.8, 4) is 11.3 Å². The smallest absolute Gasteiger partial charge is 0.399 e. The van der Waals surface area contributed by atoms with Gasteiger partial charge in [0.15, 0.2) is 0 Å². The number of rotatable bonds is 2. The first-order valence-electron chi connectivity index (χ1n) is 7.47. The highest BCUT2D eigenvalue weighted by atomic mass is 19.1. The van der Waals surface area contributed by atoms with Crippen molar-refractivity contribution in [2.45, 2.75) is 38.9 Å². The molecular formula is C17H18BF2NO2. The Morgan fingerprint density at radius 2 is 1.48 bits per heavy atom. The molecule has 0 unspecified atom stereocenters. The maximum Gasteiger partial charge on any atom is 0.496 e. The number of nitrogens with zero attached hydrogens (tertiary/aromatic N) is 1. The van der Waals surface area contributed by atoms with Crippen molar-refractivity contribution in [2.75, 3.05) is 0 Å². The van der Waals surface area contributed by atoms with E-state index in [0.29, 0.717) is 5.46 Å². The van der Waals surface area contributed by atoms with E-state index in [1.807, 2.05) is 27.7 Å². The predicted molar refractivity (Wildman–Crippen MR) is 85.3 cm³/mol. The largest absolute Gasteiger partial charge is 0.496 e. The van der Waals surface area contributed by atoms with Gasteiger partial charge in [0.25, 0.3) is 0 Å². The maximum absolute atomic E-state index is 13.8. The van der Waals surface area contributed by atoms with Gasteiger partial charge in [-0.1, -0.05) is 12.1 Å². The fourth-order valence-electron chi connectivity index (χ4n) is 2.41. The third-order valence-corrected chi connectivity index (χ3v) is 4.53. The van der Waals surface area contributed by atoms with Crippen molar-refractivity contribution in [2.24, 2.45) is 0 Å². The van der Waals surface area contributed by atoms with Crippen LogP contribution in [0.25, 0.3) is 11.3 Å². The number of aromatic nitrogens is 1. The monoisotopic (exact) mass is 317 g/mol. The quantitative estimate of drug-likeness (QED) is 0.796. The van der Waals surface area contributed by atoms with E-state index in [2.05, 4.69) is 4.98 Å². The molecule has 6 heteroatoms. The van der Waals surface area contributed by atoms with Crippen LogP contribution in [0, 0.1) is 11.6 Å². The molecule has 0 atom stereocenters. The molecule has 1 aromatic heterocycles. The molecule has 0 spiro atoms. The van der Waals surface area contributed by atoms with Gasteiger partial charge in [-0.15, -0.1) is 0 Å². The lowest BCUT2D eigenvalue weighted by Gasteiger charge is -2.32. The minimum atomic E-state index is -0.638. The maximum atomic E-state index is 13.8. The molecule has 1 fully saturated rings. The van der Waals surface area contributed by atoms with Gasteiger partial charge in [-0.3, -0.25) is 4.98 Å². The molecule has 1 saturated heterocycles. The zero-order chi connectivity index (χ0) is 16.8. The van der Waals surface area contributed by atoms with Crippen LogP contribution in [0.4, 0.5) is 8.78 Å². The Labute approximate surface area is 134 Å². The van der Waals surface area contributed by atoms with Crippen LogP contribution in [0.3, 0.4) is 0 Å². The van der Waals surface area contributed by atoms with Gasteiger partial charge in [0, 0.05) is 11.7 Å². The second kappa shape index (κ2) is 5.39. The van der Waals surface area contributed by atoms with Crippen molar-refractivity contribution >= 4 is 12.6 Å². The summed E-state index contributed by atoms with van der Waals surface area (Å²) in [5.41, 5.74) is -0.0832. The molecule has 0 amide bonds. The van der Waals surface area contributed by atoms with Crippen molar-refractivity contribution in [1.29, 1.82) is 0 Å². The van der Waals surface area contributed by atoms with Crippen LogP contribution >= 0.6 is 0 Å². The van der Waals surface area contributed by atoms with E-state index in [9.17, 15) is 8.78 Å². The first-order valence-corrected chi connectivity index (χ1v) is 7.47. The number of hydrogen-bond donors (Lipinski definition) is 0. The van der Waals surface area contributed by atoms with Gasteiger partial charge in [-0.25, -0.2) is 8.78 Å². The zero-order valence-electron chi connectivity index (χ0n) is 13.6. The van der Waals surface area contributed by atoms with E-state index < -0.39 is 30.0 Å². The lowest BCUT2D eigenvalue weighted by atomic mass is 9.80. The second-order valence-electron chi connectivity index (χ2n) is 6.66. The van der Waals surface area contributed by atoms with Crippen molar-refractivity contribution < 1.29 is 18.1 Å². The van der Waals surface area contributed by atoms with Crippen LogP contribution in [0.5, 0.6) is 0 Å². The van der Waals surface area contributed by atoms with Crippen molar-refractivity contribution in [3.05, 3.63) is 48.2 Å². The van der Waals surface area contributed by atoms with Crippen LogP contribution in [-0.4, -0.2) is 23.3 Å². The van der Waals surface area contributed by atoms with E-state index in [4.69, 9.17) is 9.31 Å². The molecular weight excluding hydrogens is 299 g/mol. The van der Waals surface area contributed by atoms with E-state index >= 15 is 0 Å². The average Bonchev–Trinajstić information content (AvgIpc) is 2.68. The highest BCUT2D eigenvalue weighted by molar-refractivity contribution is 6.62. The molecule has 0 N–H and O–H groups in total. The summed E-state index contributed by atoms with van der Waals surface area (Å²) in [6.07, 6.45) is 1.53. The number of halogens is 2. The number of pyridine rings is 1. The molecule has 0 aliphatic carbocycles. The third-order valence-electron chi connectivity index (χ3n) is 4.53. The van der Waals surface area contributed by atoms with E-state index in [1.165, 1.54) is 24.4 Å². The van der Waals surface area contributed by atoms with Gasteiger partial charge in [-0.05, 0) is 45.9 Å². The summed E-state index contributed by atoms with van der Waals surface area (Å²) in [5.74, 6) is -1.28. The SMILES string of the molecule is CC1(C)OB(c2ccc(-c3c(F)cccc3F)nc2)OC1(C)C. The number of benzene rings is 1. The van der Waals surface area contributed by atoms with Crippen LogP contribution in [0.15, 0.2) is 36.5 Å². The van der Waals surface area contributed by atoms with Gasteiger partial charge in [0.05, 0.1) is 22.5 Å². The molecule has 120 valence electrons. The van der Waals surface area contributed by atoms with Crippen LogP contribution in [-0.2, 0) is 9.31 Å². The molecule has 2 aromatic rings. The summed E-state index contributed by atoms with van der Waals surface area (Å²) < 4.78 is 39.5. The Bertz CT molecular complexity index is 696. The van der Waals surface area contributed by atoms with Crippen LogP contribution in [0.1, 0.15) is 27.7 Å². The Balaban J connectivity index is 1.90. The summed E-state index contributed by atoms with van der Waals surface area (Å²) in [7, 11) is -0.549. The minimum absolute atomic E-state index is 0.132. The van der Waals surface area contributed by atoms with Crippen molar-refractivity contribution in [1.82, 2.24) is 4.98 Å². The first kappa shape index (κ1) is 16.1. The standard InChI is InChI=1S/C17H18BF2NO2/c1-16(2)17(3,4)23-18(22-16)11-8-9-14(21-10-11)15-12(19)6-5-7-13(15)20/h5-10H,1-4H3. The van der Waals surface area contributed by atoms with Gasteiger partial charge >= 0.3 is 7.12 Å². The minimum Gasteiger partial charge on any atom is -0.399 e. The third kappa shape index (κ3) is 2.77. The molecule has 1 aliphatic rings. The van der Waals surface area contributed by atoms with Crippen LogP contribution < -0.4 is 5.46 Å². The van der Waals surface area contributed by atoms with Gasteiger partial charge < -0.3 is 9.31 Å². The predicted octanol–water partition coefficient (Wildman–Crippen LogP) is 3.33. The summed E-state index contributed by atoms with van der Waals surface area (Å²) >= 11 is 0. The lowest BCUT2D eigenvalue weighted by molar-refractivity contribution is 0.00578. The molecule has 0 radical (unpaired) electrons. The molecule has 0 saturated carbocycles. The van der Waals surface area contributed by atoms with Crippen molar-refractivity contribution in [3.63, 3.8) is 0 Å². The Hall–Kier alpha value is -1.79.